The summed E-state index contributed by atoms with van der Waals surface area (Å²) >= 11 is 12.3. The quantitative estimate of drug-likeness (QED) is 0.142. The summed E-state index contributed by atoms with van der Waals surface area (Å²) in [6, 6.07) is 4.05. The van der Waals surface area contributed by atoms with E-state index in [4.69, 9.17) is 32.7 Å². The zero-order valence-corrected chi connectivity index (χ0v) is 24.2. The Balaban J connectivity index is 2.33. The Bertz CT molecular complexity index is 1390. The maximum Gasteiger partial charge on any atom is 0.460 e. The lowest BCUT2D eigenvalue weighted by Gasteiger charge is -2.39. The standard InChI is InChI=1S/C25H20Cl2F13NO4/c1-10-14(18(42)44-3)16(12-6-4-7-13(26)17(12)27)15(11(2)41-10)19(43)45-9-5-8-20(28,29)21(30,31)22(32,33)23(34,35)24(36,37)25(38,39)40/h4,6-7,16,41H,5,8-9H2,1-3H3. The molecule has 5 nitrogen and oxygen atoms in total. The number of dihydropyridines is 1. The summed E-state index contributed by atoms with van der Waals surface area (Å²) in [5, 5.41) is 2.46. The van der Waals surface area contributed by atoms with Crippen LogP contribution in [0.25, 0.3) is 0 Å². The van der Waals surface area contributed by atoms with Crippen LogP contribution < -0.4 is 5.32 Å². The van der Waals surface area contributed by atoms with Gasteiger partial charge in [-0.25, -0.2) is 9.59 Å². The molecular formula is C25H20Cl2F13NO4. The largest absolute Gasteiger partial charge is 0.466 e. The average molecular weight is 716 g/mol. The summed E-state index contributed by atoms with van der Waals surface area (Å²) in [6.45, 7) is 1.36. The van der Waals surface area contributed by atoms with E-state index in [1.807, 2.05) is 0 Å². The third-order valence-corrected chi connectivity index (χ3v) is 7.38. The molecule has 254 valence electrons. The molecule has 2 rings (SSSR count). The summed E-state index contributed by atoms with van der Waals surface area (Å²) in [5.74, 6) is -41.4. The number of methoxy groups -OCH3 is 1. The molecular weight excluding hydrogens is 696 g/mol. The van der Waals surface area contributed by atoms with Crippen molar-refractivity contribution in [3.05, 3.63) is 56.3 Å². The Labute approximate surface area is 255 Å². The van der Waals surface area contributed by atoms with E-state index in [0.717, 1.165) is 7.11 Å². The van der Waals surface area contributed by atoms with E-state index in [9.17, 15) is 66.7 Å². The van der Waals surface area contributed by atoms with Gasteiger partial charge in [0, 0.05) is 17.8 Å². The van der Waals surface area contributed by atoms with Gasteiger partial charge in [0.15, 0.2) is 0 Å². The van der Waals surface area contributed by atoms with Gasteiger partial charge in [0.05, 0.1) is 40.8 Å². The highest BCUT2D eigenvalue weighted by Gasteiger charge is 2.90. The van der Waals surface area contributed by atoms with E-state index < -0.39 is 78.7 Å². The zero-order chi connectivity index (χ0) is 35.1. The molecule has 1 aromatic rings. The van der Waals surface area contributed by atoms with Gasteiger partial charge < -0.3 is 14.8 Å². The first-order valence-corrected chi connectivity index (χ1v) is 12.8. The van der Waals surface area contributed by atoms with Gasteiger partial charge in [-0.3, -0.25) is 0 Å². The number of ether oxygens (including phenoxy) is 2. The number of carbonyl (C=O) groups is 2. The summed E-state index contributed by atoms with van der Waals surface area (Å²) < 4.78 is 183. The smallest absolute Gasteiger partial charge is 0.460 e. The molecule has 1 heterocycles. The number of allylic oxidation sites excluding steroid dienone is 2. The normalized spacial score (nSPS) is 17.3. The van der Waals surface area contributed by atoms with E-state index in [1.165, 1.54) is 32.0 Å². The fourth-order valence-corrected chi connectivity index (χ4v) is 4.61. The van der Waals surface area contributed by atoms with Crippen molar-refractivity contribution >= 4 is 35.1 Å². The van der Waals surface area contributed by atoms with E-state index in [-0.39, 0.29) is 32.6 Å². The minimum Gasteiger partial charge on any atom is -0.466 e. The molecule has 0 aliphatic carbocycles. The van der Waals surface area contributed by atoms with Crippen LogP contribution in [0.5, 0.6) is 0 Å². The minimum atomic E-state index is -8.02. The number of nitrogens with one attached hydrogen (secondary N) is 1. The van der Waals surface area contributed by atoms with Crippen molar-refractivity contribution in [1.82, 2.24) is 5.32 Å². The molecule has 1 atom stereocenters. The second-order valence-electron chi connectivity index (χ2n) is 9.51. The molecule has 1 aliphatic heterocycles. The number of hydrogen-bond donors (Lipinski definition) is 1. The molecule has 0 bridgehead atoms. The number of halogens is 15. The average Bonchev–Trinajstić information content (AvgIpc) is 2.90. The van der Waals surface area contributed by atoms with Crippen LogP contribution in [-0.2, 0) is 19.1 Å². The highest BCUT2D eigenvalue weighted by atomic mass is 35.5. The Morgan fingerprint density at radius 1 is 0.778 bits per heavy atom. The number of alkyl halides is 13. The van der Waals surface area contributed by atoms with E-state index in [0.29, 0.717) is 0 Å². The molecule has 1 aliphatic rings. The number of hydrogen-bond acceptors (Lipinski definition) is 5. The summed E-state index contributed by atoms with van der Waals surface area (Å²) in [4.78, 5) is 25.7. The topological polar surface area (TPSA) is 64.6 Å². The van der Waals surface area contributed by atoms with Gasteiger partial charge in [-0.15, -0.1) is 0 Å². The molecule has 0 saturated carbocycles. The summed E-state index contributed by atoms with van der Waals surface area (Å²) in [7, 11) is 0.988. The Hall–Kier alpha value is -2.89. The SMILES string of the molecule is COC(=O)C1=C(C)NC(C)=C(C(=O)OCCCC(F)(F)C(F)(F)C(F)(F)C(F)(F)C(F)(F)C(F)(F)F)C1c1cccc(Cl)c1Cl. The lowest BCUT2D eigenvalue weighted by atomic mass is 9.80. The maximum atomic E-state index is 14.1. The van der Waals surface area contributed by atoms with Crippen molar-refractivity contribution in [2.45, 2.75) is 68.4 Å². The predicted octanol–water partition coefficient (Wildman–Crippen LogP) is 8.46. The molecule has 0 aromatic heterocycles. The lowest BCUT2D eigenvalue weighted by molar-refractivity contribution is -0.440. The van der Waals surface area contributed by atoms with Crippen LogP contribution in [0.2, 0.25) is 10.0 Å². The van der Waals surface area contributed by atoms with Gasteiger partial charge in [-0.05, 0) is 31.9 Å². The second-order valence-corrected chi connectivity index (χ2v) is 10.3. The monoisotopic (exact) mass is 715 g/mol. The third-order valence-electron chi connectivity index (χ3n) is 6.54. The maximum absolute atomic E-state index is 14.1. The Morgan fingerprint density at radius 2 is 1.27 bits per heavy atom. The van der Waals surface area contributed by atoms with Gasteiger partial charge in [0.25, 0.3) is 0 Å². The van der Waals surface area contributed by atoms with Gasteiger partial charge in [-0.2, -0.15) is 57.1 Å². The minimum absolute atomic E-state index is 0.0180. The van der Waals surface area contributed by atoms with Crippen molar-refractivity contribution in [2.75, 3.05) is 13.7 Å². The van der Waals surface area contributed by atoms with Gasteiger partial charge in [0.1, 0.15) is 0 Å². The fourth-order valence-electron chi connectivity index (χ4n) is 4.20. The van der Waals surface area contributed by atoms with Crippen LogP contribution >= 0.6 is 23.2 Å². The number of rotatable bonds is 11. The highest BCUT2D eigenvalue weighted by Crippen LogP contribution is 2.60. The molecule has 0 radical (unpaired) electrons. The van der Waals surface area contributed by atoms with Gasteiger partial charge >= 0.3 is 47.7 Å². The molecule has 0 spiro atoms. The summed E-state index contributed by atoms with van der Waals surface area (Å²) in [5.41, 5.74) is -0.489. The molecule has 45 heavy (non-hydrogen) atoms. The van der Waals surface area contributed by atoms with Crippen LogP contribution in [0.15, 0.2) is 40.7 Å². The van der Waals surface area contributed by atoms with Crippen molar-refractivity contribution in [1.29, 1.82) is 0 Å². The Kier molecular flexibility index (Phi) is 10.8. The van der Waals surface area contributed by atoms with Crippen molar-refractivity contribution in [3.8, 4) is 0 Å². The first-order chi connectivity index (χ1) is 20.2. The molecule has 1 aromatic carbocycles. The van der Waals surface area contributed by atoms with Crippen LogP contribution in [0.4, 0.5) is 57.1 Å². The highest BCUT2D eigenvalue weighted by molar-refractivity contribution is 6.42. The molecule has 0 saturated heterocycles. The van der Waals surface area contributed by atoms with Crippen molar-refractivity contribution < 1.29 is 76.1 Å². The van der Waals surface area contributed by atoms with Gasteiger partial charge in [-0.1, -0.05) is 35.3 Å². The first-order valence-electron chi connectivity index (χ1n) is 12.1. The van der Waals surface area contributed by atoms with Crippen molar-refractivity contribution in [2.24, 2.45) is 0 Å². The van der Waals surface area contributed by atoms with Crippen LogP contribution in [0.1, 0.15) is 38.2 Å². The second kappa shape index (κ2) is 12.7. The predicted molar refractivity (Wildman–Crippen MR) is 131 cm³/mol. The van der Waals surface area contributed by atoms with E-state index >= 15 is 0 Å². The van der Waals surface area contributed by atoms with Crippen LogP contribution in [0, 0.1) is 0 Å². The number of esters is 2. The van der Waals surface area contributed by atoms with Crippen LogP contribution in [-0.4, -0.2) is 61.4 Å². The third kappa shape index (κ3) is 6.53. The molecule has 0 fully saturated rings. The fraction of sp³-hybridized carbons (Fsp3) is 0.520. The molecule has 1 N–H and O–H groups in total. The summed E-state index contributed by atoms with van der Waals surface area (Å²) in [6.07, 6.45) is -11.6. The first kappa shape index (κ1) is 38.3. The lowest BCUT2D eigenvalue weighted by Crippen LogP contribution is -2.70. The zero-order valence-electron chi connectivity index (χ0n) is 22.7. The number of benzene rings is 1. The molecule has 0 amide bonds. The van der Waals surface area contributed by atoms with Crippen molar-refractivity contribution in [3.63, 3.8) is 0 Å². The number of carbonyl (C=O) groups excluding carboxylic acids is 2. The van der Waals surface area contributed by atoms with Gasteiger partial charge in [0.2, 0.25) is 0 Å². The van der Waals surface area contributed by atoms with Crippen LogP contribution in [0.3, 0.4) is 0 Å². The van der Waals surface area contributed by atoms with E-state index in [1.54, 1.807) is 0 Å². The Morgan fingerprint density at radius 3 is 1.76 bits per heavy atom. The molecule has 1 unspecified atom stereocenters. The van der Waals surface area contributed by atoms with E-state index in [2.05, 4.69) is 5.32 Å². The molecule has 20 heteroatoms.